The minimum atomic E-state index is -0.128. The molecule has 1 fully saturated rings. The lowest BCUT2D eigenvalue weighted by Gasteiger charge is -2.47. The van der Waals surface area contributed by atoms with Gasteiger partial charge in [-0.3, -0.25) is 9.69 Å². The second kappa shape index (κ2) is 7.53. The van der Waals surface area contributed by atoms with Crippen molar-refractivity contribution in [3.8, 4) is 0 Å². The van der Waals surface area contributed by atoms with Gasteiger partial charge in [0.25, 0.3) is 0 Å². The Kier molecular flexibility index (Phi) is 4.95. The van der Waals surface area contributed by atoms with Crippen LogP contribution in [0.25, 0.3) is 0 Å². The summed E-state index contributed by atoms with van der Waals surface area (Å²) < 4.78 is 0. The molecule has 1 N–H and O–H groups in total. The largest absolute Gasteiger partial charge is 0.515 e. The van der Waals surface area contributed by atoms with Crippen molar-refractivity contribution in [1.29, 1.82) is 0 Å². The summed E-state index contributed by atoms with van der Waals surface area (Å²) in [7, 11) is 0. The number of aliphatic hydroxyl groups is 1. The highest BCUT2D eigenvalue weighted by molar-refractivity contribution is 6.05. The molecule has 0 amide bonds. The number of hydrogen-bond donors (Lipinski definition) is 1. The maximum Gasteiger partial charge on any atom is 0.184 e. The number of nitrogens with zero attached hydrogens (tertiary/aromatic N) is 1. The van der Waals surface area contributed by atoms with E-state index in [0.717, 1.165) is 38.7 Å². The number of hydrogen-bond acceptors (Lipinski definition) is 3. The van der Waals surface area contributed by atoms with Crippen molar-refractivity contribution < 1.29 is 9.90 Å². The molecule has 1 aliphatic carbocycles. The molecule has 2 aromatic rings. The summed E-state index contributed by atoms with van der Waals surface area (Å²) in [5.74, 6) is -0.0345. The van der Waals surface area contributed by atoms with Crippen molar-refractivity contribution in [1.82, 2.24) is 4.90 Å². The van der Waals surface area contributed by atoms with Crippen LogP contribution in [-0.4, -0.2) is 28.9 Å². The maximum absolute atomic E-state index is 12.3. The first-order valence-corrected chi connectivity index (χ1v) is 9.57. The van der Waals surface area contributed by atoms with Gasteiger partial charge >= 0.3 is 0 Å². The Balaban J connectivity index is 1.65. The van der Waals surface area contributed by atoms with E-state index in [1.165, 1.54) is 16.7 Å². The van der Waals surface area contributed by atoms with Crippen LogP contribution >= 0.6 is 0 Å². The molecule has 1 aliphatic heterocycles. The van der Waals surface area contributed by atoms with Gasteiger partial charge in [-0.1, -0.05) is 66.2 Å². The van der Waals surface area contributed by atoms with E-state index in [4.69, 9.17) is 0 Å². The van der Waals surface area contributed by atoms with E-state index in [1.54, 1.807) is 6.08 Å². The quantitative estimate of drug-likeness (QED) is 0.647. The fourth-order valence-electron chi connectivity index (χ4n) is 4.55. The third kappa shape index (κ3) is 3.74. The smallest absolute Gasteiger partial charge is 0.184 e. The third-order valence-electron chi connectivity index (χ3n) is 5.85. The number of fused-ring (bicyclic) bond motifs is 1. The number of ketones is 1. The predicted octanol–water partition coefficient (Wildman–Crippen LogP) is 4.46. The Labute approximate surface area is 160 Å². The minimum Gasteiger partial charge on any atom is -0.515 e. The van der Waals surface area contributed by atoms with Crippen molar-refractivity contribution >= 4 is 5.78 Å². The van der Waals surface area contributed by atoms with Gasteiger partial charge in [0.05, 0.1) is 6.26 Å². The number of rotatable bonds is 4. The number of aliphatic hydroxyl groups excluding tert-OH is 1. The second-order valence-corrected chi connectivity index (χ2v) is 7.75. The van der Waals surface area contributed by atoms with E-state index < -0.39 is 0 Å². The highest BCUT2D eigenvalue weighted by Crippen LogP contribution is 2.46. The zero-order valence-electron chi connectivity index (χ0n) is 15.5. The predicted molar refractivity (Wildman–Crippen MR) is 107 cm³/mol. The van der Waals surface area contributed by atoms with Crippen LogP contribution in [0.4, 0.5) is 0 Å². The average molecular weight is 359 g/mol. The van der Waals surface area contributed by atoms with E-state index in [1.807, 2.05) is 12.1 Å². The molecule has 1 heterocycles. The van der Waals surface area contributed by atoms with Crippen molar-refractivity contribution in [3.05, 3.63) is 95.3 Å². The molecule has 0 aromatic heterocycles. The van der Waals surface area contributed by atoms with E-state index >= 15 is 0 Å². The summed E-state index contributed by atoms with van der Waals surface area (Å²) in [5, 5.41) is 9.61. The van der Waals surface area contributed by atoms with Gasteiger partial charge in [-0.05, 0) is 36.5 Å². The summed E-state index contributed by atoms with van der Waals surface area (Å²) in [6.45, 7) is 2.77. The van der Waals surface area contributed by atoms with E-state index in [-0.39, 0.29) is 11.2 Å². The maximum atomic E-state index is 12.3. The van der Waals surface area contributed by atoms with E-state index in [0.29, 0.717) is 12.0 Å². The SMILES string of the molecule is O=C1C=C2CCN(Cc3ccccc3)CC2(Cc2ccccc2)C/C1=C/O. The van der Waals surface area contributed by atoms with Gasteiger partial charge in [-0.15, -0.1) is 0 Å². The van der Waals surface area contributed by atoms with E-state index in [2.05, 4.69) is 53.4 Å². The Bertz CT molecular complexity index is 870. The first-order chi connectivity index (χ1) is 13.2. The Morgan fingerprint density at radius 2 is 1.67 bits per heavy atom. The van der Waals surface area contributed by atoms with Gasteiger partial charge in [-0.25, -0.2) is 0 Å². The van der Waals surface area contributed by atoms with Crippen molar-refractivity contribution in [2.24, 2.45) is 5.41 Å². The molecule has 0 radical (unpaired) electrons. The molecule has 138 valence electrons. The van der Waals surface area contributed by atoms with E-state index in [9.17, 15) is 9.90 Å². The van der Waals surface area contributed by atoms with Gasteiger partial charge < -0.3 is 5.11 Å². The molecule has 3 heteroatoms. The van der Waals surface area contributed by atoms with Crippen molar-refractivity contribution in [3.63, 3.8) is 0 Å². The molecular formula is C24H25NO2. The highest BCUT2D eigenvalue weighted by Gasteiger charge is 2.43. The van der Waals surface area contributed by atoms with Gasteiger partial charge in [-0.2, -0.15) is 0 Å². The number of allylic oxidation sites excluding steroid dienone is 2. The summed E-state index contributed by atoms with van der Waals surface area (Å²) >= 11 is 0. The lowest BCUT2D eigenvalue weighted by molar-refractivity contribution is -0.112. The summed E-state index contributed by atoms with van der Waals surface area (Å²) in [6.07, 6.45) is 5.20. The summed E-state index contributed by atoms with van der Waals surface area (Å²) in [6, 6.07) is 21.0. The van der Waals surface area contributed by atoms with Gasteiger partial charge in [0.2, 0.25) is 0 Å². The van der Waals surface area contributed by atoms with Crippen LogP contribution < -0.4 is 0 Å². The Morgan fingerprint density at radius 3 is 2.33 bits per heavy atom. The second-order valence-electron chi connectivity index (χ2n) is 7.75. The summed E-state index contributed by atoms with van der Waals surface area (Å²) in [5.41, 5.74) is 4.22. The van der Waals surface area contributed by atoms with Gasteiger partial charge in [0, 0.05) is 30.6 Å². The number of carbonyl (C=O) groups is 1. The molecule has 1 atom stereocenters. The highest BCUT2D eigenvalue weighted by atomic mass is 16.2. The third-order valence-corrected chi connectivity index (χ3v) is 5.85. The molecule has 27 heavy (non-hydrogen) atoms. The molecular weight excluding hydrogens is 334 g/mol. The topological polar surface area (TPSA) is 40.5 Å². The van der Waals surface area contributed by atoms with Crippen LogP contribution in [0.1, 0.15) is 24.0 Å². The number of benzene rings is 2. The standard InChI is InChI=1S/C24H25NO2/c26-17-21-15-24(14-19-7-3-1-4-8-19)18-25(12-11-22(24)13-23(21)27)16-20-9-5-2-6-10-20/h1-10,13,17,26H,11-12,14-16,18H2/b21-17-. The number of carbonyl (C=O) groups excluding carboxylic acids is 1. The molecule has 3 nitrogen and oxygen atoms in total. The Hall–Kier alpha value is -2.65. The first kappa shape index (κ1) is 17.7. The van der Waals surface area contributed by atoms with Crippen LogP contribution in [0, 0.1) is 5.41 Å². The first-order valence-electron chi connectivity index (χ1n) is 9.57. The lowest BCUT2D eigenvalue weighted by Crippen LogP contribution is -2.48. The van der Waals surface area contributed by atoms with Crippen LogP contribution in [0.15, 0.2) is 84.1 Å². The normalized spacial score (nSPS) is 24.5. The van der Waals surface area contributed by atoms with Gasteiger partial charge in [0.1, 0.15) is 0 Å². The fraction of sp³-hybridized carbons (Fsp3) is 0.292. The summed E-state index contributed by atoms with van der Waals surface area (Å²) in [4.78, 5) is 14.8. The van der Waals surface area contributed by atoms with Crippen molar-refractivity contribution in [2.75, 3.05) is 13.1 Å². The fourth-order valence-corrected chi connectivity index (χ4v) is 4.55. The molecule has 2 aliphatic rings. The lowest BCUT2D eigenvalue weighted by atomic mass is 9.64. The number of likely N-dealkylation sites (tertiary alicyclic amines) is 1. The monoisotopic (exact) mass is 359 g/mol. The molecule has 2 aromatic carbocycles. The zero-order chi connectivity index (χ0) is 18.7. The average Bonchev–Trinajstić information content (AvgIpc) is 2.69. The van der Waals surface area contributed by atoms with Crippen molar-refractivity contribution in [2.45, 2.75) is 25.8 Å². The molecule has 4 rings (SSSR count). The van der Waals surface area contributed by atoms with Crippen LogP contribution in [-0.2, 0) is 17.8 Å². The van der Waals surface area contributed by atoms with Crippen LogP contribution in [0.3, 0.4) is 0 Å². The number of piperidine rings is 1. The van der Waals surface area contributed by atoms with Crippen LogP contribution in [0.2, 0.25) is 0 Å². The minimum absolute atomic E-state index is 0.0345. The molecule has 1 unspecified atom stereocenters. The molecule has 0 spiro atoms. The molecule has 1 saturated heterocycles. The van der Waals surface area contributed by atoms with Gasteiger partial charge in [0.15, 0.2) is 5.78 Å². The zero-order valence-corrected chi connectivity index (χ0v) is 15.5. The molecule has 0 bridgehead atoms. The van der Waals surface area contributed by atoms with Crippen LogP contribution in [0.5, 0.6) is 0 Å². The Morgan fingerprint density at radius 1 is 1.00 bits per heavy atom. The molecule has 0 saturated carbocycles.